The van der Waals surface area contributed by atoms with Crippen LogP contribution in [0.1, 0.15) is 12.0 Å². The Hall–Kier alpha value is -3.17. The first-order chi connectivity index (χ1) is 11.9. The van der Waals surface area contributed by atoms with Gasteiger partial charge in [-0.2, -0.15) is 13.2 Å². The van der Waals surface area contributed by atoms with Crippen molar-refractivity contribution in [1.29, 1.82) is 0 Å². The molecule has 0 radical (unpaired) electrons. The number of H-pyrrole nitrogens is 1. The van der Waals surface area contributed by atoms with Gasteiger partial charge in [0.15, 0.2) is 11.5 Å². The lowest BCUT2D eigenvalue weighted by atomic mass is 10.2. The van der Waals surface area contributed by atoms with Gasteiger partial charge < -0.3 is 15.6 Å². The van der Waals surface area contributed by atoms with Gasteiger partial charge in [0.2, 0.25) is 5.91 Å². The van der Waals surface area contributed by atoms with Gasteiger partial charge in [-0.15, -0.1) is 0 Å². The number of rotatable bonds is 5. The zero-order valence-electron chi connectivity index (χ0n) is 12.8. The smallest absolute Gasteiger partial charge is 0.368 e. The number of amides is 1. The Morgan fingerprint density at radius 3 is 2.84 bits per heavy atom. The highest BCUT2D eigenvalue weighted by Crippen LogP contribution is 2.30. The van der Waals surface area contributed by atoms with Crippen LogP contribution < -0.4 is 10.6 Å². The van der Waals surface area contributed by atoms with E-state index in [0.29, 0.717) is 17.0 Å². The molecule has 0 aliphatic heterocycles. The van der Waals surface area contributed by atoms with Crippen LogP contribution in [0.25, 0.3) is 11.2 Å². The summed E-state index contributed by atoms with van der Waals surface area (Å²) in [7, 11) is 0. The number of halogens is 3. The van der Waals surface area contributed by atoms with Crippen LogP contribution in [-0.2, 0) is 11.0 Å². The third-order valence-electron chi connectivity index (χ3n) is 3.34. The molecule has 2 heterocycles. The Labute approximate surface area is 139 Å². The van der Waals surface area contributed by atoms with E-state index in [2.05, 4.69) is 30.6 Å². The fraction of sp³-hybridized carbons (Fsp3) is 0.200. The molecule has 10 heteroatoms. The molecule has 0 atom stereocenters. The zero-order valence-corrected chi connectivity index (χ0v) is 12.8. The molecule has 3 N–H and O–H groups in total. The summed E-state index contributed by atoms with van der Waals surface area (Å²) in [6.07, 6.45) is -1.58. The van der Waals surface area contributed by atoms with Crippen LogP contribution in [0.3, 0.4) is 0 Å². The second-order valence-electron chi connectivity index (χ2n) is 5.13. The number of hydrogen-bond donors (Lipinski definition) is 3. The van der Waals surface area contributed by atoms with Gasteiger partial charge in [0.05, 0.1) is 11.9 Å². The first-order valence-corrected chi connectivity index (χ1v) is 7.28. The van der Waals surface area contributed by atoms with Crippen LogP contribution in [0.2, 0.25) is 0 Å². The average molecular weight is 350 g/mol. The number of hydrogen-bond acceptors (Lipinski definition) is 5. The molecule has 0 bridgehead atoms. The van der Waals surface area contributed by atoms with E-state index < -0.39 is 17.6 Å². The van der Waals surface area contributed by atoms with Crippen molar-refractivity contribution in [1.82, 2.24) is 19.9 Å². The number of benzene rings is 1. The summed E-state index contributed by atoms with van der Waals surface area (Å²) < 4.78 is 38.0. The maximum atomic E-state index is 12.7. The Kier molecular flexibility index (Phi) is 4.50. The van der Waals surface area contributed by atoms with Crippen molar-refractivity contribution in [2.24, 2.45) is 0 Å². The van der Waals surface area contributed by atoms with Crippen molar-refractivity contribution >= 4 is 28.6 Å². The summed E-state index contributed by atoms with van der Waals surface area (Å²) in [4.78, 5) is 26.8. The monoisotopic (exact) mass is 350 g/mol. The molecular weight excluding hydrogens is 337 g/mol. The maximum absolute atomic E-state index is 12.7. The minimum absolute atomic E-state index is 0.0515. The second-order valence-corrected chi connectivity index (χ2v) is 5.13. The molecule has 7 nitrogen and oxygen atoms in total. The summed E-state index contributed by atoms with van der Waals surface area (Å²) in [5.74, 6) is 0.0797. The van der Waals surface area contributed by atoms with Crippen molar-refractivity contribution in [3.8, 4) is 0 Å². The number of imidazole rings is 1. The molecule has 0 unspecified atom stereocenters. The second kappa shape index (κ2) is 6.75. The lowest BCUT2D eigenvalue weighted by Gasteiger charge is -2.10. The van der Waals surface area contributed by atoms with Gasteiger partial charge >= 0.3 is 6.18 Å². The first-order valence-electron chi connectivity index (χ1n) is 7.28. The van der Waals surface area contributed by atoms with Gasteiger partial charge in [-0.25, -0.2) is 15.0 Å². The summed E-state index contributed by atoms with van der Waals surface area (Å²) in [5, 5.41) is 5.40. The molecule has 3 rings (SSSR count). The highest BCUT2D eigenvalue weighted by molar-refractivity contribution is 5.91. The number of aromatic amines is 1. The molecular formula is C15H13F3N6O. The van der Waals surface area contributed by atoms with Crippen molar-refractivity contribution in [2.45, 2.75) is 12.6 Å². The van der Waals surface area contributed by atoms with Crippen LogP contribution in [0, 0.1) is 0 Å². The third-order valence-corrected chi connectivity index (χ3v) is 3.34. The van der Waals surface area contributed by atoms with Crippen LogP contribution >= 0.6 is 0 Å². The molecule has 25 heavy (non-hydrogen) atoms. The quantitative estimate of drug-likeness (QED) is 0.658. The highest BCUT2D eigenvalue weighted by Gasteiger charge is 2.30. The molecule has 130 valence electrons. The van der Waals surface area contributed by atoms with Gasteiger partial charge in [0.1, 0.15) is 11.8 Å². The van der Waals surface area contributed by atoms with E-state index in [1.807, 2.05) is 0 Å². The number of alkyl halides is 3. The lowest BCUT2D eigenvalue weighted by Crippen LogP contribution is -2.17. The van der Waals surface area contributed by atoms with Gasteiger partial charge in [-0.1, -0.05) is 6.07 Å². The molecule has 0 saturated carbocycles. The Morgan fingerprint density at radius 2 is 2.04 bits per heavy atom. The average Bonchev–Trinajstić information content (AvgIpc) is 3.04. The topological polar surface area (TPSA) is 95.6 Å². The van der Waals surface area contributed by atoms with Crippen LogP contribution in [-0.4, -0.2) is 32.4 Å². The molecule has 0 spiro atoms. The largest absolute Gasteiger partial charge is 0.416 e. The van der Waals surface area contributed by atoms with E-state index in [1.54, 1.807) is 0 Å². The number of aromatic nitrogens is 4. The molecule has 1 aromatic carbocycles. The van der Waals surface area contributed by atoms with Gasteiger partial charge in [0, 0.05) is 18.7 Å². The predicted octanol–water partition coefficient (Wildman–Crippen LogP) is 2.81. The van der Waals surface area contributed by atoms with Crippen molar-refractivity contribution in [3.05, 3.63) is 42.5 Å². The molecule has 1 amide bonds. The number of carbonyl (C=O) groups excluding carboxylic acids is 1. The summed E-state index contributed by atoms with van der Waals surface area (Å²) in [5.41, 5.74) is 0.385. The van der Waals surface area contributed by atoms with E-state index in [4.69, 9.17) is 0 Å². The van der Waals surface area contributed by atoms with Gasteiger partial charge in [0.25, 0.3) is 0 Å². The fourth-order valence-electron chi connectivity index (χ4n) is 2.19. The number of carbonyl (C=O) groups is 1. The predicted molar refractivity (Wildman–Crippen MR) is 84.9 cm³/mol. The lowest BCUT2D eigenvalue weighted by molar-refractivity contribution is -0.137. The van der Waals surface area contributed by atoms with Crippen molar-refractivity contribution < 1.29 is 18.0 Å². The third kappa shape index (κ3) is 4.03. The number of nitrogens with one attached hydrogen (secondary N) is 3. The number of nitrogens with zero attached hydrogens (tertiary/aromatic N) is 3. The van der Waals surface area contributed by atoms with Gasteiger partial charge in [-0.3, -0.25) is 4.79 Å². The molecule has 2 aromatic heterocycles. The van der Waals surface area contributed by atoms with Crippen LogP contribution in [0.4, 0.5) is 24.7 Å². The SMILES string of the molecule is O=C(CCNc1ncnc2nc[nH]c12)Nc1cccc(C(F)(F)F)c1. The normalized spacial score (nSPS) is 11.5. The van der Waals surface area contributed by atoms with Gasteiger partial charge in [-0.05, 0) is 18.2 Å². The molecule has 3 aromatic rings. The summed E-state index contributed by atoms with van der Waals surface area (Å²) >= 11 is 0. The first kappa shape index (κ1) is 16.7. The Balaban J connectivity index is 1.56. The number of anilines is 2. The number of fused-ring (bicyclic) bond motifs is 1. The van der Waals surface area contributed by atoms with Crippen molar-refractivity contribution in [3.63, 3.8) is 0 Å². The van der Waals surface area contributed by atoms with E-state index in [1.165, 1.54) is 24.8 Å². The maximum Gasteiger partial charge on any atom is 0.416 e. The minimum atomic E-state index is -4.45. The molecule has 0 aliphatic rings. The Morgan fingerprint density at radius 1 is 1.20 bits per heavy atom. The van der Waals surface area contributed by atoms with E-state index in [9.17, 15) is 18.0 Å². The molecule has 0 saturated heterocycles. The van der Waals surface area contributed by atoms with Crippen molar-refractivity contribution in [2.75, 3.05) is 17.2 Å². The zero-order chi connectivity index (χ0) is 17.9. The summed E-state index contributed by atoms with van der Waals surface area (Å²) in [6, 6.07) is 4.48. The summed E-state index contributed by atoms with van der Waals surface area (Å²) in [6.45, 7) is 0.246. The van der Waals surface area contributed by atoms with Crippen LogP contribution in [0.5, 0.6) is 0 Å². The fourth-order valence-corrected chi connectivity index (χ4v) is 2.19. The molecule has 0 aliphatic carbocycles. The van der Waals surface area contributed by atoms with E-state index in [-0.39, 0.29) is 18.7 Å². The minimum Gasteiger partial charge on any atom is -0.368 e. The van der Waals surface area contributed by atoms with Crippen LogP contribution in [0.15, 0.2) is 36.9 Å². The molecule has 0 fully saturated rings. The standard InChI is InChI=1S/C15H13F3N6O/c16-15(17,18)9-2-1-3-10(6-9)24-11(25)4-5-19-13-12-14(21-7-20-12)23-8-22-13/h1-3,6-8H,4-5H2,(H,24,25)(H2,19,20,21,22,23). The van der Waals surface area contributed by atoms with E-state index >= 15 is 0 Å². The van der Waals surface area contributed by atoms with E-state index in [0.717, 1.165) is 12.1 Å². The highest BCUT2D eigenvalue weighted by atomic mass is 19.4. The Bertz CT molecular complexity index is 892.